The summed E-state index contributed by atoms with van der Waals surface area (Å²) in [6.07, 6.45) is 7.65. The quantitative estimate of drug-likeness (QED) is 0.264. The van der Waals surface area contributed by atoms with Gasteiger partial charge in [0.25, 0.3) is 5.91 Å². The number of sulfone groups is 1. The Morgan fingerprint density at radius 1 is 1.10 bits per heavy atom. The molecule has 5 atom stereocenters. The second-order valence-electron chi connectivity index (χ2n) is 12.8. The monoisotopic (exact) mass is 599 g/mol. The maximum atomic E-state index is 13.8. The van der Waals surface area contributed by atoms with E-state index in [2.05, 4.69) is 31.1 Å². The first kappa shape index (κ1) is 31.9. The van der Waals surface area contributed by atoms with Gasteiger partial charge in [-0.05, 0) is 61.0 Å². The highest BCUT2D eigenvalue weighted by Gasteiger charge is 2.69. The summed E-state index contributed by atoms with van der Waals surface area (Å²) in [7, 11) is -3.63. The van der Waals surface area contributed by atoms with Crippen molar-refractivity contribution in [3.05, 3.63) is 43.0 Å². The van der Waals surface area contributed by atoms with E-state index in [0.29, 0.717) is 18.9 Å². The van der Waals surface area contributed by atoms with Crippen molar-refractivity contribution in [2.24, 2.45) is 29.1 Å². The third-order valence-electron chi connectivity index (χ3n) is 9.78. The summed E-state index contributed by atoms with van der Waals surface area (Å²) in [5.41, 5.74) is -0.0882. The molecule has 10 heteroatoms. The molecular formula is C32H45N3O6S. The molecule has 0 aromatic heterocycles. The summed E-state index contributed by atoms with van der Waals surface area (Å²) in [4.78, 5) is 55.3. The number of allylic oxidation sites excluding steroid dienone is 1. The van der Waals surface area contributed by atoms with Crippen molar-refractivity contribution in [2.45, 2.75) is 82.7 Å². The van der Waals surface area contributed by atoms with Crippen LogP contribution in [0.25, 0.3) is 0 Å². The summed E-state index contributed by atoms with van der Waals surface area (Å²) in [6.45, 7) is 10.1. The number of hydrogen-bond donors (Lipinski definition) is 2. The minimum atomic E-state index is -3.63. The van der Waals surface area contributed by atoms with Crippen molar-refractivity contribution < 1.29 is 27.6 Å². The van der Waals surface area contributed by atoms with Crippen LogP contribution < -0.4 is 10.6 Å². The fourth-order valence-corrected chi connectivity index (χ4v) is 8.19. The molecule has 1 aromatic rings. The molecule has 1 unspecified atom stereocenters. The van der Waals surface area contributed by atoms with E-state index in [9.17, 15) is 27.6 Å². The number of nitrogens with zero attached hydrogens (tertiary/aromatic N) is 1. The molecule has 2 saturated carbocycles. The molecule has 1 aromatic carbocycles. The molecule has 2 aliphatic carbocycles. The van der Waals surface area contributed by atoms with Gasteiger partial charge in [0.05, 0.1) is 16.7 Å². The average Bonchev–Trinajstić information content (AvgIpc) is 3.30. The van der Waals surface area contributed by atoms with E-state index in [-0.39, 0.29) is 52.7 Å². The molecule has 230 valence electrons. The van der Waals surface area contributed by atoms with Crippen LogP contribution in [0.15, 0.2) is 47.9 Å². The number of likely N-dealkylation sites (tertiary alicyclic amines) is 1. The van der Waals surface area contributed by atoms with Gasteiger partial charge in [-0.25, -0.2) is 8.42 Å². The summed E-state index contributed by atoms with van der Waals surface area (Å²) in [6, 6.07) is 6.07. The highest BCUT2D eigenvalue weighted by Crippen LogP contribution is 2.65. The van der Waals surface area contributed by atoms with E-state index in [1.165, 1.54) is 18.6 Å². The Morgan fingerprint density at radius 2 is 1.76 bits per heavy atom. The van der Waals surface area contributed by atoms with Gasteiger partial charge in [0.1, 0.15) is 6.04 Å². The Bertz CT molecular complexity index is 1290. The van der Waals surface area contributed by atoms with E-state index in [4.69, 9.17) is 0 Å². The molecular weight excluding hydrogens is 554 g/mol. The van der Waals surface area contributed by atoms with Gasteiger partial charge in [-0.2, -0.15) is 0 Å². The van der Waals surface area contributed by atoms with Gasteiger partial charge in [-0.1, -0.05) is 64.3 Å². The molecule has 4 rings (SSSR count). The van der Waals surface area contributed by atoms with E-state index in [0.717, 1.165) is 25.7 Å². The molecule has 3 fully saturated rings. The minimum Gasteiger partial charge on any atom is -0.348 e. The Kier molecular flexibility index (Phi) is 9.96. The first-order valence-electron chi connectivity index (χ1n) is 15.2. The number of carbonyl (C=O) groups excluding carboxylic acids is 4. The number of fused-ring (bicyclic) bond motifs is 1. The molecule has 9 nitrogen and oxygen atoms in total. The molecule has 3 aliphatic rings. The normalized spacial score (nSPS) is 24.6. The van der Waals surface area contributed by atoms with Gasteiger partial charge in [-0.15, -0.1) is 6.58 Å². The van der Waals surface area contributed by atoms with Crippen LogP contribution in [0.2, 0.25) is 0 Å². The number of Topliss-reactive ketones (excluding diaryl/α,β-unsaturated/α-hetero) is 1. The number of amides is 3. The van der Waals surface area contributed by atoms with Gasteiger partial charge in [0.2, 0.25) is 17.6 Å². The number of carbonyl (C=O) groups is 4. The zero-order valence-corrected chi connectivity index (χ0v) is 25.8. The Hall–Kier alpha value is -3.01. The lowest BCUT2D eigenvalue weighted by Gasteiger charge is -2.35. The largest absolute Gasteiger partial charge is 0.348 e. The van der Waals surface area contributed by atoms with Crippen LogP contribution in [0, 0.1) is 29.1 Å². The highest BCUT2D eigenvalue weighted by atomic mass is 32.2. The lowest BCUT2D eigenvalue weighted by Crippen LogP contribution is -2.56. The van der Waals surface area contributed by atoms with Crippen LogP contribution in [0.1, 0.15) is 65.7 Å². The topological polar surface area (TPSA) is 130 Å². The molecule has 0 spiro atoms. The number of ketones is 1. The summed E-state index contributed by atoms with van der Waals surface area (Å²) >= 11 is 0. The molecule has 42 heavy (non-hydrogen) atoms. The van der Waals surface area contributed by atoms with E-state index in [1.807, 2.05) is 6.92 Å². The molecule has 1 heterocycles. The molecule has 0 radical (unpaired) electrons. The number of benzene rings is 1. The van der Waals surface area contributed by atoms with E-state index < -0.39 is 39.5 Å². The summed E-state index contributed by atoms with van der Waals surface area (Å²) in [5.74, 6) is -2.23. The number of hydrogen-bond acceptors (Lipinski definition) is 6. The fourth-order valence-electron chi connectivity index (χ4n) is 7.01. The Labute approximate surface area is 249 Å². The van der Waals surface area contributed by atoms with Crippen molar-refractivity contribution in [3.8, 4) is 0 Å². The van der Waals surface area contributed by atoms with Crippen LogP contribution in [0.3, 0.4) is 0 Å². The zero-order valence-electron chi connectivity index (χ0n) is 25.0. The van der Waals surface area contributed by atoms with E-state index >= 15 is 0 Å². The van der Waals surface area contributed by atoms with Crippen LogP contribution in [0.5, 0.6) is 0 Å². The standard InChI is InChI=1S/C32H45N3O6S/c1-5-6-17-25(28(36)30(38)33-18-19-42(40,41)23-15-11-8-12-16-23)34-29(37)27-26-24(32(26,3)4)20-35(27)31(39)21(2)22-13-9-7-10-14-22/h5,8,11-12,15-16,21-22,24-27H,1,6-7,9-10,13-14,17-20H2,2-4H3,(H,33,38)(H,34,37)/t21-,24-,25?,26-,27-/m0/s1. The second kappa shape index (κ2) is 13.1. The molecule has 1 saturated heterocycles. The minimum absolute atomic E-state index is 0.00335. The van der Waals surface area contributed by atoms with E-state index in [1.54, 1.807) is 29.2 Å². The third-order valence-corrected chi connectivity index (χ3v) is 11.5. The highest BCUT2D eigenvalue weighted by molar-refractivity contribution is 7.91. The predicted octanol–water partition coefficient (Wildman–Crippen LogP) is 3.30. The van der Waals surface area contributed by atoms with Crippen LogP contribution >= 0.6 is 0 Å². The van der Waals surface area contributed by atoms with Crippen LogP contribution in [-0.2, 0) is 29.0 Å². The Balaban J connectivity index is 1.42. The van der Waals surface area contributed by atoms with Gasteiger partial charge in [0.15, 0.2) is 9.84 Å². The SMILES string of the molecule is C=CCCC(NC(=O)[C@@H]1[C@@H]2[C@H](CN1C(=O)[C@@H](C)C1CCCCC1)C2(C)C)C(=O)C(=O)NCCS(=O)(=O)c1ccccc1. The fraction of sp³-hybridized carbons (Fsp3) is 0.625. The third kappa shape index (κ3) is 6.79. The maximum absolute atomic E-state index is 13.8. The van der Waals surface area contributed by atoms with Gasteiger partial charge in [0, 0.05) is 19.0 Å². The summed E-state index contributed by atoms with van der Waals surface area (Å²) in [5, 5.41) is 5.20. The lowest BCUT2D eigenvalue weighted by molar-refractivity contribution is -0.146. The van der Waals surface area contributed by atoms with Crippen LogP contribution in [0.4, 0.5) is 0 Å². The van der Waals surface area contributed by atoms with Gasteiger partial charge in [-0.3, -0.25) is 19.2 Å². The van der Waals surface area contributed by atoms with Crippen molar-refractivity contribution in [1.82, 2.24) is 15.5 Å². The lowest BCUT2D eigenvalue weighted by atomic mass is 9.80. The van der Waals surface area contributed by atoms with Crippen LogP contribution in [-0.4, -0.2) is 67.7 Å². The smallest absolute Gasteiger partial charge is 0.289 e. The van der Waals surface area contributed by atoms with Crippen molar-refractivity contribution >= 4 is 33.3 Å². The first-order valence-corrected chi connectivity index (χ1v) is 16.9. The molecule has 1 aliphatic heterocycles. The predicted molar refractivity (Wildman–Crippen MR) is 160 cm³/mol. The van der Waals surface area contributed by atoms with Crippen molar-refractivity contribution in [3.63, 3.8) is 0 Å². The van der Waals surface area contributed by atoms with Crippen molar-refractivity contribution in [2.75, 3.05) is 18.8 Å². The average molecular weight is 600 g/mol. The first-order chi connectivity index (χ1) is 19.9. The zero-order chi connectivity index (χ0) is 30.7. The Morgan fingerprint density at radius 3 is 2.40 bits per heavy atom. The number of rotatable bonds is 13. The number of piperidine rings is 1. The molecule has 2 N–H and O–H groups in total. The molecule has 3 amide bonds. The van der Waals surface area contributed by atoms with Crippen molar-refractivity contribution in [1.29, 1.82) is 0 Å². The maximum Gasteiger partial charge on any atom is 0.289 e. The summed E-state index contributed by atoms with van der Waals surface area (Å²) < 4.78 is 25.1. The number of nitrogens with one attached hydrogen (secondary N) is 2. The second-order valence-corrected chi connectivity index (χ2v) is 14.9. The van der Waals surface area contributed by atoms with Gasteiger partial charge < -0.3 is 15.5 Å². The molecule has 0 bridgehead atoms. The van der Waals surface area contributed by atoms with Gasteiger partial charge >= 0.3 is 0 Å².